The number of hydrogen-bond acceptors (Lipinski definition) is 2. The van der Waals surface area contributed by atoms with Gasteiger partial charge in [-0.05, 0) is 46.4 Å². The molecule has 0 aromatic heterocycles. The summed E-state index contributed by atoms with van der Waals surface area (Å²) in [5.74, 6) is 0.0508. The third-order valence-corrected chi connectivity index (χ3v) is 6.31. The number of ether oxygens (including phenoxy) is 1. The Bertz CT molecular complexity index is 1100. The van der Waals surface area contributed by atoms with E-state index in [0.29, 0.717) is 34.6 Å². The molecule has 4 rings (SSSR count). The number of alkyl carbamates (subject to hydrolysis) is 1. The Hall–Kier alpha value is -2.46. The van der Waals surface area contributed by atoms with Crippen molar-refractivity contribution in [2.45, 2.75) is 12.3 Å². The number of carbonyl (C=O) groups excluding carboxylic acids is 1. The summed E-state index contributed by atoms with van der Waals surface area (Å²) >= 11 is 18.1. The first kappa shape index (κ1) is 21.8. The number of hydrogen-bond donors (Lipinski definition) is 1. The van der Waals surface area contributed by atoms with Gasteiger partial charge in [-0.1, -0.05) is 95.5 Å². The molecule has 1 aliphatic carbocycles. The van der Waals surface area contributed by atoms with E-state index in [4.69, 9.17) is 39.5 Å². The topological polar surface area (TPSA) is 38.3 Å². The van der Waals surface area contributed by atoms with Crippen LogP contribution in [0.1, 0.15) is 29.0 Å². The fourth-order valence-corrected chi connectivity index (χ4v) is 4.40. The van der Waals surface area contributed by atoms with Gasteiger partial charge in [0.1, 0.15) is 6.61 Å². The zero-order valence-corrected chi connectivity index (χ0v) is 18.8. The summed E-state index contributed by atoms with van der Waals surface area (Å²) in [5.41, 5.74) is 5.57. The van der Waals surface area contributed by atoms with E-state index in [0.717, 1.165) is 5.56 Å². The molecule has 0 spiro atoms. The molecular formula is C25H20Cl3NO2. The SMILES string of the molecule is O=C(NCCC=Cc1cc(Cl)c(Cl)cc1Cl)OCC1c2ccccc2-c2ccccc21. The molecular weight excluding hydrogens is 453 g/mol. The second-order valence-electron chi connectivity index (χ2n) is 7.23. The second-order valence-corrected chi connectivity index (χ2v) is 8.45. The van der Waals surface area contributed by atoms with Gasteiger partial charge in [0, 0.05) is 17.5 Å². The van der Waals surface area contributed by atoms with Crippen molar-refractivity contribution in [2.24, 2.45) is 0 Å². The van der Waals surface area contributed by atoms with Crippen molar-refractivity contribution in [1.82, 2.24) is 5.32 Å². The Morgan fingerprint density at radius 1 is 0.903 bits per heavy atom. The lowest BCUT2D eigenvalue weighted by atomic mass is 9.98. The normalized spacial score (nSPS) is 12.6. The first-order valence-corrected chi connectivity index (χ1v) is 11.1. The molecule has 0 radical (unpaired) electrons. The summed E-state index contributed by atoms with van der Waals surface area (Å²) in [6, 6.07) is 19.8. The van der Waals surface area contributed by atoms with E-state index in [-0.39, 0.29) is 5.92 Å². The molecule has 0 saturated heterocycles. The van der Waals surface area contributed by atoms with Crippen LogP contribution in [0.5, 0.6) is 0 Å². The minimum Gasteiger partial charge on any atom is -0.449 e. The predicted molar refractivity (Wildman–Crippen MR) is 128 cm³/mol. The van der Waals surface area contributed by atoms with Gasteiger partial charge >= 0.3 is 6.09 Å². The summed E-state index contributed by atoms with van der Waals surface area (Å²) in [5, 5.41) is 4.17. The molecule has 3 nitrogen and oxygen atoms in total. The quantitative estimate of drug-likeness (QED) is 0.296. The fourth-order valence-electron chi connectivity index (χ4n) is 3.78. The number of benzene rings is 3. The van der Waals surface area contributed by atoms with Gasteiger partial charge in [0.15, 0.2) is 0 Å². The maximum Gasteiger partial charge on any atom is 0.407 e. The minimum absolute atomic E-state index is 0.0508. The molecule has 3 aromatic carbocycles. The van der Waals surface area contributed by atoms with Crippen molar-refractivity contribution in [3.63, 3.8) is 0 Å². The highest BCUT2D eigenvalue weighted by Crippen LogP contribution is 2.44. The highest BCUT2D eigenvalue weighted by atomic mass is 35.5. The number of amides is 1. The number of halogens is 3. The molecule has 0 bridgehead atoms. The number of rotatable bonds is 6. The van der Waals surface area contributed by atoms with Crippen molar-refractivity contribution in [3.8, 4) is 11.1 Å². The van der Waals surface area contributed by atoms with Crippen molar-refractivity contribution in [3.05, 3.63) is 98.5 Å². The first-order valence-electron chi connectivity index (χ1n) is 9.94. The Labute approximate surface area is 196 Å². The van der Waals surface area contributed by atoms with E-state index in [2.05, 4.69) is 29.6 Å². The zero-order chi connectivity index (χ0) is 21.8. The monoisotopic (exact) mass is 471 g/mol. The average Bonchev–Trinajstić information content (AvgIpc) is 3.09. The smallest absolute Gasteiger partial charge is 0.407 e. The standard InChI is InChI=1S/C25H20Cl3NO2/c26-22-14-24(28)23(27)13-16(22)7-5-6-12-29-25(30)31-15-21-19-10-3-1-8-17(19)18-9-2-4-11-20(18)21/h1-5,7-11,13-14,21H,6,12,15H2,(H,29,30). The van der Waals surface area contributed by atoms with Crippen molar-refractivity contribution >= 4 is 47.0 Å². The molecule has 31 heavy (non-hydrogen) atoms. The van der Waals surface area contributed by atoms with Crippen LogP contribution in [-0.4, -0.2) is 19.2 Å². The lowest BCUT2D eigenvalue weighted by Crippen LogP contribution is -2.26. The number of fused-ring (bicyclic) bond motifs is 3. The van der Waals surface area contributed by atoms with Crippen LogP contribution in [0.2, 0.25) is 15.1 Å². The summed E-state index contributed by atoms with van der Waals surface area (Å²) < 4.78 is 5.53. The lowest BCUT2D eigenvalue weighted by molar-refractivity contribution is 0.143. The molecule has 0 aliphatic heterocycles. The van der Waals surface area contributed by atoms with E-state index >= 15 is 0 Å². The van der Waals surface area contributed by atoms with E-state index in [1.165, 1.54) is 22.3 Å². The van der Waals surface area contributed by atoms with Gasteiger partial charge in [-0.3, -0.25) is 0 Å². The summed E-state index contributed by atoms with van der Waals surface area (Å²) in [4.78, 5) is 12.2. The van der Waals surface area contributed by atoms with E-state index in [9.17, 15) is 4.79 Å². The molecule has 0 unspecified atom stereocenters. The van der Waals surface area contributed by atoms with Crippen LogP contribution >= 0.6 is 34.8 Å². The van der Waals surface area contributed by atoms with Gasteiger partial charge < -0.3 is 10.1 Å². The molecule has 3 aromatic rings. The first-order chi connectivity index (χ1) is 15.0. The van der Waals surface area contributed by atoms with Gasteiger partial charge in [-0.25, -0.2) is 4.79 Å². The van der Waals surface area contributed by atoms with Gasteiger partial charge in [-0.2, -0.15) is 0 Å². The third kappa shape index (κ3) is 4.90. The molecule has 0 atom stereocenters. The molecule has 1 amide bonds. The number of nitrogens with one attached hydrogen (secondary N) is 1. The largest absolute Gasteiger partial charge is 0.449 e. The van der Waals surface area contributed by atoms with Crippen LogP contribution in [0.3, 0.4) is 0 Å². The van der Waals surface area contributed by atoms with E-state index < -0.39 is 6.09 Å². The highest BCUT2D eigenvalue weighted by Gasteiger charge is 2.28. The Balaban J connectivity index is 1.28. The average molecular weight is 473 g/mol. The minimum atomic E-state index is -0.428. The Kier molecular flexibility index (Phi) is 6.86. The summed E-state index contributed by atoms with van der Waals surface area (Å²) in [6.07, 6.45) is 3.96. The van der Waals surface area contributed by atoms with Crippen LogP contribution < -0.4 is 5.32 Å². The third-order valence-electron chi connectivity index (χ3n) is 5.26. The van der Waals surface area contributed by atoms with Gasteiger partial charge in [0.25, 0.3) is 0 Å². The lowest BCUT2D eigenvalue weighted by Gasteiger charge is -2.14. The maximum atomic E-state index is 12.2. The van der Waals surface area contributed by atoms with E-state index in [1.807, 2.05) is 36.4 Å². The fraction of sp³-hybridized carbons (Fsp3) is 0.160. The Morgan fingerprint density at radius 3 is 2.19 bits per heavy atom. The van der Waals surface area contributed by atoms with Crippen LogP contribution in [0.4, 0.5) is 4.79 Å². The highest BCUT2D eigenvalue weighted by molar-refractivity contribution is 6.43. The molecule has 1 aliphatic rings. The van der Waals surface area contributed by atoms with Crippen LogP contribution in [-0.2, 0) is 4.74 Å². The van der Waals surface area contributed by atoms with Crippen LogP contribution in [0, 0.1) is 0 Å². The zero-order valence-electron chi connectivity index (χ0n) is 16.6. The van der Waals surface area contributed by atoms with Crippen molar-refractivity contribution < 1.29 is 9.53 Å². The van der Waals surface area contributed by atoms with Gasteiger partial charge in [0.05, 0.1) is 10.0 Å². The van der Waals surface area contributed by atoms with Gasteiger partial charge in [0.2, 0.25) is 0 Å². The molecule has 6 heteroatoms. The predicted octanol–water partition coefficient (Wildman–Crippen LogP) is 7.59. The summed E-state index contributed by atoms with van der Waals surface area (Å²) in [6.45, 7) is 0.751. The van der Waals surface area contributed by atoms with Crippen molar-refractivity contribution in [2.75, 3.05) is 13.2 Å². The van der Waals surface area contributed by atoms with Crippen LogP contribution in [0.25, 0.3) is 17.2 Å². The number of carbonyl (C=O) groups is 1. The van der Waals surface area contributed by atoms with Crippen LogP contribution in [0.15, 0.2) is 66.7 Å². The molecule has 158 valence electrons. The maximum absolute atomic E-state index is 12.2. The Morgan fingerprint density at radius 2 is 1.52 bits per heavy atom. The molecule has 1 N–H and O–H groups in total. The molecule has 0 saturated carbocycles. The van der Waals surface area contributed by atoms with Gasteiger partial charge in [-0.15, -0.1) is 0 Å². The molecule has 0 heterocycles. The van der Waals surface area contributed by atoms with Crippen molar-refractivity contribution in [1.29, 1.82) is 0 Å². The van der Waals surface area contributed by atoms with E-state index in [1.54, 1.807) is 12.1 Å². The summed E-state index contributed by atoms with van der Waals surface area (Å²) in [7, 11) is 0. The second kappa shape index (κ2) is 9.78. The molecule has 0 fully saturated rings.